The van der Waals surface area contributed by atoms with Gasteiger partial charge in [0.15, 0.2) is 11.6 Å². The van der Waals surface area contributed by atoms with Gasteiger partial charge in [0.1, 0.15) is 0 Å². The van der Waals surface area contributed by atoms with Crippen LogP contribution < -0.4 is 15.2 Å². The van der Waals surface area contributed by atoms with Crippen molar-refractivity contribution in [3.05, 3.63) is 17.9 Å². The van der Waals surface area contributed by atoms with Crippen molar-refractivity contribution in [3.8, 4) is 5.75 Å². The number of hydrogen-bond donors (Lipinski definition) is 2. The molecule has 1 atom stereocenters. The minimum Gasteiger partial charge on any atom is -0.492 e. The number of nitrogens with two attached hydrogens (primary N) is 1. The number of halogens is 1. The number of sulfonamides is 1. The summed E-state index contributed by atoms with van der Waals surface area (Å²) in [6.45, 7) is -0.000995. The Balaban J connectivity index is 2.99. The Kier molecular flexibility index (Phi) is 5.27. The summed E-state index contributed by atoms with van der Waals surface area (Å²) < 4.78 is 55.0. The van der Waals surface area contributed by atoms with Gasteiger partial charge in [0.2, 0.25) is 10.0 Å². The van der Waals surface area contributed by atoms with Gasteiger partial charge in [-0.3, -0.25) is 4.21 Å². The molecule has 6 nitrogen and oxygen atoms in total. The Labute approximate surface area is 113 Å². The molecule has 0 heterocycles. The lowest BCUT2D eigenvalue weighted by atomic mass is 10.3. The molecular formula is C10H15FN2O4S2. The molecule has 0 aliphatic heterocycles. The number of rotatable bonds is 6. The fraction of sp³-hybridized carbons (Fsp3) is 0.400. The van der Waals surface area contributed by atoms with Crippen LogP contribution in [0.15, 0.2) is 17.0 Å². The second-order valence-corrected chi connectivity index (χ2v) is 7.02. The molecule has 0 aliphatic rings. The second-order valence-electron chi connectivity index (χ2n) is 3.70. The first-order valence-corrected chi connectivity index (χ1v) is 8.41. The van der Waals surface area contributed by atoms with Crippen LogP contribution in [-0.2, 0) is 20.8 Å². The number of nitrogens with one attached hydrogen (secondary N) is 1. The summed E-state index contributed by atoms with van der Waals surface area (Å²) in [5, 5.41) is 0. The van der Waals surface area contributed by atoms with E-state index in [0.29, 0.717) is 0 Å². The van der Waals surface area contributed by atoms with Gasteiger partial charge in [-0.15, -0.1) is 0 Å². The third kappa shape index (κ3) is 4.15. The second kappa shape index (κ2) is 6.31. The lowest BCUT2D eigenvalue weighted by molar-refractivity contribution is 0.388. The molecule has 0 spiro atoms. The fourth-order valence-corrected chi connectivity index (χ4v) is 2.96. The van der Waals surface area contributed by atoms with Crippen molar-refractivity contribution in [1.82, 2.24) is 4.72 Å². The van der Waals surface area contributed by atoms with Crippen LogP contribution in [0.2, 0.25) is 0 Å². The van der Waals surface area contributed by atoms with Crippen molar-refractivity contribution in [2.75, 3.05) is 31.4 Å². The highest BCUT2D eigenvalue weighted by molar-refractivity contribution is 7.89. The number of methoxy groups -OCH3 is 1. The monoisotopic (exact) mass is 310 g/mol. The summed E-state index contributed by atoms with van der Waals surface area (Å²) in [4.78, 5) is -0.301. The van der Waals surface area contributed by atoms with Gasteiger partial charge < -0.3 is 10.5 Å². The van der Waals surface area contributed by atoms with Gasteiger partial charge in [0.25, 0.3) is 0 Å². The number of nitrogen functional groups attached to an aromatic ring is 1. The molecule has 0 aliphatic carbocycles. The maximum Gasteiger partial charge on any atom is 0.240 e. The average molecular weight is 310 g/mol. The molecule has 9 heteroatoms. The first-order valence-electron chi connectivity index (χ1n) is 5.20. The van der Waals surface area contributed by atoms with Crippen molar-refractivity contribution >= 4 is 26.5 Å². The number of benzene rings is 1. The predicted octanol–water partition coefficient (Wildman–Crippen LogP) is 0.0733. The number of anilines is 1. The summed E-state index contributed by atoms with van der Waals surface area (Å²) in [6.07, 6.45) is 1.46. The third-order valence-electron chi connectivity index (χ3n) is 2.24. The molecule has 0 bridgehead atoms. The number of ether oxygens (including phenoxy) is 1. The van der Waals surface area contributed by atoms with Crippen LogP contribution in [0.25, 0.3) is 0 Å². The zero-order chi connectivity index (χ0) is 14.6. The highest BCUT2D eigenvalue weighted by atomic mass is 32.2. The number of hydrogen-bond acceptors (Lipinski definition) is 5. The van der Waals surface area contributed by atoms with E-state index < -0.39 is 26.6 Å². The minimum absolute atomic E-state index is 0.000995. The van der Waals surface area contributed by atoms with Gasteiger partial charge in [-0.25, -0.2) is 17.5 Å². The quantitative estimate of drug-likeness (QED) is 0.725. The molecular weight excluding hydrogens is 295 g/mol. The zero-order valence-electron chi connectivity index (χ0n) is 10.5. The fourth-order valence-electron chi connectivity index (χ4n) is 1.36. The maximum absolute atomic E-state index is 13.5. The average Bonchev–Trinajstić information content (AvgIpc) is 2.27. The highest BCUT2D eigenvalue weighted by Gasteiger charge is 2.18. The molecule has 1 aromatic carbocycles. The lowest BCUT2D eigenvalue weighted by Gasteiger charge is -2.10. The molecule has 1 rings (SSSR count). The van der Waals surface area contributed by atoms with Crippen LogP contribution in [0.3, 0.4) is 0 Å². The van der Waals surface area contributed by atoms with Gasteiger partial charge in [-0.2, -0.15) is 0 Å². The third-order valence-corrected chi connectivity index (χ3v) is 4.46. The van der Waals surface area contributed by atoms with Crippen LogP contribution in [0.5, 0.6) is 5.75 Å². The molecule has 19 heavy (non-hydrogen) atoms. The van der Waals surface area contributed by atoms with E-state index in [1.54, 1.807) is 0 Å². The maximum atomic E-state index is 13.5. The van der Waals surface area contributed by atoms with Gasteiger partial charge >= 0.3 is 0 Å². The van der Waals surface area contributed by atoms with E-state index >= 15 is 0 Å². The summed E-state index contributed by atoms with van der Waals surface area (Å²) in [7, 11) is -3.77. The van der Waals surface area contributed by atoms with E-state index in [-0.39, 0.29) is 28.6 Å². The first kappa shape index (κ1) is 15.9. The van der Waals surface area contributed by atoms with Crippen LogP contribution in [-0.4, -0.2) is 38.3 Å². The Morgan fingerprint density at radius 3 is 2.58 bits per heavy atom. The minimum atomic E-state index is -3.89. The molecule has 0 saturated heterocycles. The molecule has 1 aromatic rings. The largest absolute Gasteiger partial charge is 0.492 e. The Morgan fingerprint density at radius 2 is 2.11 bits per heavy atom. The Hall–Kier alpha value is -1.19. The van der Waals surface area contributed by atoms with Gasteiger partial charge in [0, 0.05) is 29.4 Å². The molecule has 3 N–H and O–H groups in total. The smallest absolute Gasteiger partial charge is 0.240 e. The van der Waals surface area contributed by atoms with Crippen molar-refractivity contribution < 1.29 is 21.8 Å². The highest BCUT2D eigenvalue weighted by Crippen LogP contribution is 2.28. The normalized spacial score (nSPS) is 13.2. The summed E-state index contributed by atoms with van der Waals surface area (Å²) in [5.74, 6) is -0.886. The van der Waals surface area contributed by atoms with Gasteiger partial charge in [0.05, 0.1) is 17.7 Å². The van der Waals surface area contributed by atoms with Crippen LogP contribution in [0.4, 0.5) is 10.1 Å². The van der Waals surface area contributed by atoms with E-state index in [2.05, 4.69) is 4.72 Å². The Morgan fingerprint density at radius 1 is 1.47 bits per heavy atom. The molecule has 0 radical (unpaired) electrons. The lowest BCUT2D eigenvalue weighted by Crippen LogP contribution is -2.28. The zero-order valence-corrected chi connectivity index (χ0v) is 12.1. The van der Waals surface area contributed by atoms with Gasteiger partial charge in [-0.05, 0) is 12.1 Å². The molecule has 0 fully saturated rings. The van der Waals surface area contributed by atoms with E-state index in [4.69, 9.17) is 10.5 Å². The van der Waals surface area contributed by atoms with Crippen LogP contribution in [0.1, 0.15) is 0 Å². The van der Waals surface area contributed by atoms with E-state index in [0.717, 1.165) is 12.1 Å². The SMILES string of the molecule is COc1c(N)cc(S(=O)(=O)NCCS(C)=O)cc1F. The standard InChI is InChI=1S/C10H15FN2O4S2/c1-17-10-8(11)5-7(6-9(10)12)19(15,16)13-3-4-18(2)14/h5-6,13H,3-4,12H2,1-2H3. The topological polar surface area (TPSA) is 98.5 Å². The molecule has 0 aromatic heterocycles. The van der Waals surface area contributed by atoms with Crippen molar-refractivity contribution in [3.63, 3.8) is 0 Å². The molecule has 0 saturated carbocycles. The van der Waals surface area contributed by atoms with Gasteiger partial charge in [-0.1, -0.05) is 0 Å². The van der Waals surface area contributed by atoms with E-state index in [9.17, 15) is 17.0 Å². The van der Waals surface area contributed by atoms with Crippen LogP contribution >= 0.6 is 0 Å². The molecule has 0 amide bonds. The van der Waals surface area contributed by atoms with Crippen molar-refractivity contribution in [2.24, 2.45) is 0 Å². The predicted molar refractivity (Wildman–Crippen MR) is 71.5 cm³/mol. The summed E-state index contributed by atoms with van der Waals surface area (Å²) in [6, 6.07) is 1.92. The molecule has 108 valence electrons. The molecule has 1 unspecified atom stereocenters. The summed E-state index contributed by atoms with van der Waals surface area (Å²) >= 11 is 0. The Bertz CT molecular complexity index is 566. The summed E-state index contributed by atoms with van der Waals surface area (Å²) in [5.41, 5.74) is 5.39. The van der Waals surface area contributed by atoms with Crippen molar-refractivity contribution in [2.45, 2.75) is 4.90 Å². The first-order chi connectivity index (χ1) is 8.77. The van der Waals surface area contributed by atoms with Crippen LogP contribution in [0, 0.1) is 5.82 Å². The van der Waals surface area contributed by atoms with E-state index in [1.807, 2.05) is 0 Å². The van der Waals surface area contributed by atoms with E-state index in [1.165, 1.54) is 13.4 Å². The van der Waals surface area contributed by atoms with Crippen molar-refractivity contribution in [1.29, 1.82) is 0 Å².